The topological polar surface area (TPSA) is 74.2 Å². The van der Waals surface area contributed by atoms with Crippen molar-refractivity contribution in [1.29, 1.82) is 0 Å². The van der Waals surface area contributed by atoms with E-state index in [0.717, 1.165) is 6.66 Å². The molecule has 0 saturated carbocycles. The predicted octanol–water partition coefficient (Wildman–Crippen LogP) is 0.390. The van der Waals surface area contributed by atoms with E-state index in [1.165, 1.54) is 0 Å². The van der Waals surface area contributed by atoms with E-state index in [1.54, 1.807) is 7.11 Å². The van der Waals surface area contributed by atoms with Gasteiger partial charge in [0.25, 0.3) is 0 Å². The van der Waals surface area contributed by atoms with E-state index in [9.17, 15) is 9.46 Å². The first kappa shape index (κ1) is 12.5. The molecule has 0 radical (unpaired) electrons. The average molecular weight is 252 g/mol. The summed E-state index contributed by atoms with van der Waals surface area (Å²) in [5.41, 5.74) is -0.743. The molecule has 5 atom stereocenters. The minimum absolute atomic E-state index is 0.152. The molecule has 2 heterocycles. The molecule has 2 bridgehead atoms. The molecule has 6 nitrogen and oxygen atoms in total. The van der Waals surface area contributed by atoms with E-state index in [4.69, 9.17) is 18.7 Å². The Morgan fingerprint density at radius 3 is 2.81 bits per heavy atom. The van der Waals surface area contributed by atoms with Crippen LogP contribution in [0.3, 0.4) is 0 Å². The van der Waals surface area contributed by atoms with Crippen LogP contribution in [0.1, 0.15) is 6.92 Å². The summed E-state index contributed by atoms with van der Waals surface area (Å²) in [6.07, 6.45) is -0.987. The molecule has 2 fully saturated rings. The van der Waals surface area contributed by atoms with Crippen molar-refractivity contribution < 1.29 is 28.2 Å². The van der Waals surface area contributed by atoms with E-state index in [-0.39, 0.29) is 12.2 Å². The first-order valence-corrected chi connectivity index (χ1v) is 7.17. The molecule has 0 aromatic carbocycles. The maximum atomic E-state index is 11.3. The second-order valence-electron chi connectivity index (χ2n) is 4.43. The molecule has 0 amide bonds. The fourth-order valence-electron chi connectivity index (χ4n) is 2.40. The minimum Gasteiger partial charge on any atom is -0.381 e. The van der Waals surface area contributed by atoms with Crippen molar-refractivity contribution in [3.05, 3.63) is 0 Å². The first-order chi connectivity index (χ1) is 7.38. The van der Waals surface area contributed by atoms with Gasteiger partial charge in [-0.15, -0.1) is 0 Å². The Kier molecular flexibility index (Phi) is 3.16. The number of ether oxygens (including phenoxy) is 3. The quantitative estimate of drug-likeness (QED) is 0.729. The van der Waals surface area contributed by atoms with E-state index >= 15 is 0 Å². The Balaban J connectivity index is 2.19. The SMILES string of the molecule is COC[C@]12CO[C@H](C1OP(C)(=O)O)[C@H](C)O2. The molecule has 0 aromatic heterocycles. The van der Waals surface area contributed by atoms with Crippen LogP contribution in [-0.2, 0) is 23.3 Å². The molecule has 2 unspecified atom stereocenters. The molecular weight excluding hydrogens is 235 g/mol. The molecule has 2 rings (SSSR count). The van der Waals surface area contributed by atoms with Crippen LogP contribution in [0.15, 0.2) is 0 Å². The Hall–Kier alpha value is 0.0300. The molecule has 0 spiro atoms. The number of rotatable bonds is 4. The second-order valence-corrected chi connectivity index (χ2v) is 6.24. The van der Waals surface area contributed by atoms with Gasteiger partial charge in [0.05, 0.1) is 19.3 Å². The van der Waals surface area contributed by atoms with Gasteiger partial charge < -0.3 is 19.1 Å². The Bertz CT molecular complexity index is 315. The zero-order valence-corrected chi connectivity index (χ0v) is 10.5. The molecule has 0 aliphatic carbocycles. The van der Waals surface area contributed by atoms with Crippen molar-refractivity contribution in [3.63, 3.8) is 0 Å². The summed E-state index contributed by atoms with van der Waals surface area (Å²) in [7, 11) is -2.01. The molecule has 94 valence electrons. The Labute approximate surface area is 94.4 Å². The van der Waals surface area contributed by atoms with Crippen LogP contribution in [0.25, 0.3) is 0 Å². The maximum absolute atomic E-state index is 11.3. The number of hydrogen-bond acceptors (Lipinski definition) is 5. The third-order valence-corrected chi connectivity index (χ3v) is 3.54. The Morgan fingerprint density at radius 2 is 2.31 bits per heavy atom. The van der Waals surface area contributed by atoms with E-state index in [0.29, 0.717) is 13.2 Å². The maximum Gasteiger partial charge on any atom is 0.325 e. The van der Waals surface area contributed by atoms with Gasteiger partial charge in [0.15, 0.2) is 0 Å². The lowest BCUT2D eigenvalue weighted by atomic mass is 10.00. The molecule has 16 heavy (non-hydrogen) atoms. The normalized spacial score (nSPS) is 45.9. The molecule has 1 N–H and O–H groups in total. The van der Waals surface area contributed by atoms with Crippen LogP contribution < -0.4 is 0 Å². The van der Waals surface area contributed by atoms with Crippen molar-refractivity contribution >= 4 is 7.60 Å². The van der Waals surface area contributed by atoms with Crippen LogP contribution in [0.2, 0.25) is 0 Å². The monoisotopic (exact) mass is 252 g/mol. The molecule has 0 aromatic rings. The third kappa shape index (κ3) is 2.06. The highest BCUT2D eigenvalue weighted by molar-refractivity contribution is 7.51. The summed E-state index contributed by atoms with van der Waals surface area (Å²) in [6.45, 7) is 3.64. The summed E-state index contributed by atoms with van der Waals surface area (Å²) in [4.78, 5) is 9.29. The fourth-order valence-corrected chi connectivity index (χ4v) is 3.13. The van der Waals surface area contributed by atoms with Crippen molar-refractivity contribution in [2.24, 2.45) is 0 Å². The third-order valence-electron chi connectivity index (χ3n) is 2.92. The first-order valence-electron chi connectivity index (χ1n) is 5.15. The fraction of sp³-hybridized carbons (Fsp3) is 1.00. The van der Waals surface area contributed by atoms with Gasteiger partial charge in [-0.05, 0) is 6.92 Å². The smallest absolute Gasteiger partial charge is 0.325 e. The Morgan fingerprint density at radius 1 is 1.62 bits per heavy atom. The van der Waals surface area contributed by atoms with Crippen LogP contribution >= 0.6 is 7.60 Å². The highest BCUT2D eigenvalue weighted by atomic mass is 31.2. The number of fused-ring (bicyclic) bond motifs is 2. The predicted molar refractivity (Wildman–Crippen MR) is 55.5 cm³/mol. The minimum atomic E-state index is -3.56. The van der Waals surface area contributed by atoms with Gasteiger partial charge in [-0.25, -0.2) is 0 Å². The van der Waals surface area contributed by atoms with Gasteiger partial charge in [0.2, 0.25) is 0 Å². The second kappa shape index (κ2) is 4.05. The van der Waals surface area contributed by atoms with E-state index in [2.05, 4.69) is 0 Å². The highest BCUT2D eigenvalue weighted by Crippen LogP contribution is 2.49. The molecule has 2 aliphatic rings. The van der Waals surface area contributed by atoms with Gasteiger partial charge in [-0.1, -0.05) is 0 Å². The number of hydrogen-bond donors (Lipinski definition) is 1. The van der Waals surface area contributed by atoms with Crippen LogP contribution in [0.4, 0.5) is 0 Å². The van der Waals surface area contributed by atoms with E-state index in [1.807, 2.05) is 6.92 Å². The summed E-state index contributed by atoms with van der Waals surface area (Å²) >= 11 is 0. The van der Waals surface area contributed by atoms with Gasteiger partial charge in [-0.3, -0.25) is 9.09 Å². The van der Waals surface area contributed by atoms with E-state index < -0.39 is 19.3 Å². The van der Waals surface area contributed by atoms with Crippen LogP contribution in [0, 0.1) is 0 Å². The summed E-state index contributed by atoms with van der Waals surface area (Å²) in [6, 6.07) is 0. The standard InChI is InChI=1S/C9H17O6P/c1-6-7-8(15-16(3,10)11)9(14-6,4-12-2)5-13-7/h6-8H,4-5H2,1-3H3,(H,10,11)/t6-,7-,8?,9-/m0/s1. The van der Waals surface area contributed by atoms with Gasteiger partial charge >= 0.3 is 7.60 Å². The van der Waals surface area contributed by atoms with Crippen molar-refractivity contribution in [3.8, 4) is 0 Å². The average Bonchev–Trinajstić information content (AvgIpc) is 2.54. The van der Waals surface area contributed by atoms with Crippen molar-refractivity contribution in [2.45, 2.75) is 30.8 Å². The van der Waals surface area contributed by atoms with Gasteiger partial charge in [0.1, 0.15) is 17.8 Å². The summed E-state index contributed by atoms with van der Waals surface area (Å²) in [5, 5.41) is 0. The number of methoxy groups -OCH3 is 1. The lowest BCUT2D eigenvalue weighted by Gasteiger charge is -2.29. The summed E-state index contributed by atoms with van der Waals surface area (Å²) in [5.74, 6) is 0. The lowest BCUT2D eigenvalue weighted by molar-refractivity contribution is -0.158. The largest absolute Gasteiger partial charge is 0.381 e. The molecule has 2 aliphatic heterocycles. The zero-order chi connectivity index (χ0) is 12.0. The highest BCUT2D eigenvalue weighted by Gasteiger charge is 2.62. The molecule has 7 heteroatoms. The van der Waals surface area contributed by atoms with Crippen LogP contribution in [-0.4, -0.2) is 55.8 Å². The molecular formula is C9H17O6P. The molecule has 2 saturated heterocycles. The van der Waals surface area contributed by atoms with Gasteiger partial charge in [-0.2, -0.15) is 0 Å². The lowest BCUT2D eigenvalue weighted by Crippen LogP contribution is -2.45. The summed E-state index contributed by atoms with van der Waals surface area (Å²) < 4.78 is 32.9. The van der Waals surface area contributed by atoms with Crippen molar-refractivity contribution in [2.75, 3.05) is 27.0 Å². The zero-order valence-electron chi connectivity index (χ0n) is 9.58. The van der Waals surface area contributed by atoms with Gasteiger partial charge in [0, 0.05) is 13.8 Å². The van der Waals surface area contributed by atoms with Crippen molar-refractivity contribution in [1.82, 2.24) is 0 Å². The van der Waals surface area contributed by atoms with Crippen LogP contribution in [0.5, 0.6) is 0 Å².